The molecule has 0 radical (unpaired) electrons. The molecule has 0 unspecified atom stereocenters. The van der Waals surface area contributed by atoms with Crippen molar-refractivity contribution in [2.45, 2.75) is 12.5 Å². The van der Waals surface area contributed by atoms with Gasteiger partial charge in [0.05, 0.1) is 16.3 Å². The number of halogens is 4. The highest BCUT2D eigenvalue weighted by Crippen LogP contribution is 2.21. The Bertz CT molecular complexity index is 1080. The number of hydrogen-bond acceptors (Lipinski definition) is 2. The molecule has 8 heteroatoms. The average Bonchev–Trinajstić information content (AvgIpc) is 2.70. The summed E-state index contributed by atoms with van der Waals surface area (Å²) in [4.78, 5) is 25.5. The molecule has 0 aliphatic heterocycles. The number of hydrogen-bond donors (Lipinski definition) is 2. The third-order valence-corrected chi connectivity index (χ3v) is 4.82. The van der Waals surface area contributed by atoms with Gasteiger partial charge < -0.3 is 10.6 Å². The molecule has 0 bridgehead atoms. The summed E-state index contributed by atoms with van der Waals surface area (Å²) in [5.41, 5.74) is 0.720. The predicted octanol–water partition coefficient (Wildman–Crippen LogP) is 5.25. The smallest absolute Gasteiger partial charge is 0.253 e. The van der Waals surface area contributed by atoms with Crippen molar-refractivity contribution in [2.24, 2.45) is 0 Å². The maximum Gasteiger partial charge on any atom is 0.253 e. The van der Waals surface area contributed by atoms with Gasteiger partial charge in [0, 0.05) is 17.5 Å². The van der Waals surface area contributed by atoms with E-state index in [2.05, 4.69) is 10.6 Å². The maximum absolute atomic E-state index is 13.9. The van der Waals surface area contributed by atoms with Crippen molar-refractivity contribution in [1.29, 1.82) is 0 Å². The lowest BCUT2D eigenvalue weighted by molar-refractivity contribution is -0.118. The quantitative estimate of drug-likeness (QED) is 0.540. The molecule has 0 aromatic heterocycles. The lowest BCUT2D eigenvalue weighted by Gasteiger charge is -2.19. The molecule has 0 saturated heterocycles. The van der Waals surface area contributed by atoms with Gasteiger partial charge in [-0.25, -0.2) is 8.78 Å². The van der Waals surface area contributed by atoms with E-state index >= 15 is 0 Å². The average molecular weight is 449 g/mol. The van der Waals surface area contributed by atoms with Crippen molar-refractivity contribution < 1.29 is 18.4 Å². The topological polar surface area (TPSA) is 58.2 Å². The van der Waals surface area contributed by atoms with Gasteiger partial charge in [-0.3, -0.25) is 9.59 Å². The molecule has 0 saturated carbocycles. The van der Waals surface area contributed by atoms with Crippen molar-refractivity contribution in [3.8, 4) is 0 Å². The first-order chi connectivity index (χ1) is 14.3. The number of carbonyl (C=O) groups excluding carboxylic acids is 2. The van der Waals surface area contributed by atoms with Gasteiger partial charge >= 0.3 is 0 Å². The van der Waals surface area contributed by atoms with Crippen molar-refractivity contribution in [3.63, 3.8) is 0 Å². The van der Waals surface area contributed by atoms with Gasteiger partial charge in [0.2, 0.25) is 5.91 Å². The van der Waals surface area contributed by atoms with Gasteiger partial charge in [-0.15, -0.1) is 0 Å². The van der Waals surface area contributed by atoms with Crippen LogP contribution in [0.25, 0.3) is 0 Å². The molecule has 0 heterocycles. The fourth-order valence-electron chi connectivity index (χ4n) is 2.78. The summed E-state index contributed by atoms with van der Waals surface area (Å²) in [5, 5.41) is 5.50. The van der Waals surface area contributed by atoms with Crippen LogP contribution in [0.3, 0.4) is 0 Å². The van der Waals surface area contributed by atoms with E-state index in [-0.39, 0.29) is 22.7 Å². The molecule has 3 aromatic rings. The Hall–Kier alpha value is -2.96. The maximum atomic E-state index is 13.9. The fraction of sp³-hybridized carbons (Fsp3) is 0.0909. The third-order valence-electron chi connectivity index (χ3n) is 4.27. The number of carbonyl (C=O) groups is 2. The minimum Gasteiger partial charge on any atom is -0.340 e. The van der Waals surface area contributed by atoms with Crippen LogP contribution in [0.2, 0.25) is 10.0 Å². The number of rotatable bonds is 6. The zero-order valence-corrected chi connectivity index (χ0v) is 17.0. The number of benzene rings is 3. The van der Waals surface area contributed by atoms with E-state index in [1.54, 1.807) is 24.3 Å². The molecule has 1 atom stereocenters. The van der Waals surface area contributed by atoms with E-state index < -0.39 is 29.5 Å². The van der Waals surface area contributed by atoms with Crippen LogP contribution in [0.15, 0.2) is 66.7 Å². The van der Waals surface area contributed by atoms with Crippen LogP contribution in [0.4, 0.5) is 14.5 Å². The Morgan fingerprint density at radius 3 is 2.33 bits per heavy atom. The summed E-state index contributed by atoms with van der Waals surface area (Å²) in [6, 6.07) is 15.1. The van der Waals surface area contributed by atoms with Crippen molar-refractivity contribution in [3.05, 3.63) is 99.5 Å². The van der Waals surface area contributed by atoms with Crippen LogP contribution in [-0.2, 0) is 11.2 Å². The summed E-state index contributed by atoms with van der Waals surface area (Å²) >= 11 is 11.9. The highest BCUT2D eigenvalue weighted by Gasteiger charge is 2.24. The van der Waals surface area contributed by atoms with E-state index in [0.717, 1.165) is 17.7 Å². The summed E-state index contributed by atoms with van der Waals surface area (Å²) in [6.07, 6.45) is 0.145. The molecular formula is C22H16Cl2F2N2O2. The van der Waals surface area contributed by atoms with E-state index in [1.165, 1.54) is 18.2 Å². The zero-order valence-electron chi connectivity index (χ0n) is 15.5. The Morgan fingerprint density at radius 1 is 0.933 bits per heavy atom. The second-order valence-corrected chi connectivity index (χ2v) is 7.30. The zero-order chi connectivity index (χ0) is 21.7. The molecule has 30 heavy (non-hydrogen) atoms. The van der Waals surface area contributed by atoms with Crippen LogP contribution in [0.1, 0.15) is 15.9 Å². The largest absolute Gasteiger partial charge is 0.340 e. The Labute approximate surface area is 181 Å². The van der Waals surface area contributed by atoms with Crippen LogP contribution in [0, 0.1) is 11.6 Å². The van der Waals surface area contributed by atoms with E-state index in [9.17, 15) is 18.4 Å². The predicted molar refractivity (Wildman–Crippen MR) is 113 cm³/mol. The Morgan fingerprint density at radius 2 is 1.67 bits per heavy atom. The summed E-state index contributed by atoms with van der Waals surface area (Å²) in [6.45, 7) is 0. The van der Waals surface area contributed by atoms with Crippen molar-refractivity contribution >= 4 is 40.7 Å². The van der Waals surface area contributed by atoms with Crippen LogP contribution >= 0.6 is 23.2 Å². The molecule has 0 aliphatic rings. The number of anilines is 1. The number of amides is 2. The van der Waals surface area contributed by atoms with Crippen LogP contribution < -0.4 is 10.6 Å². The fourth-order valence-corrected chi connectivity index (χ4v) is 3.27. The van der Waals surface area contributed by atoms with Crippen molar-refractivity contribution in [1.82, 2.24) is 5.32 Å². The van der Waals surface area contributed by atoms with Crippen molar-refractivity contribution in [2.75, 3.05) is 5.32 Å². The Balaban J connectivity index is 1.83. The minimum absolute atomic E-state index is 0.128. The first-order valence-electron chi connectivity index (χ1n) is 8.89. The summed E-state index contributed by atoms with van der Waals surface area (Å²) < 4.78 is 27.1. The lowest BCUT2D eigenvalue weighted by Crippen LogP contribution is -2.45. The first kappa shape index (κ1) is 21.7. The summed E-state index contributed by atoms with van der Waals surface area (Å²) in [5.74, 6) is -2.94. The molecule has 0 aliphatic carbocycles. The highest BCUT2D eigenvalue weighted by atomic mass is 35.5. The molecule has 3 aromatic carbocycles. The molecule has 0 spiro atoms. The van der Waals surface area contributed by atoms with Crippen LogP contribution in [0.5, 0.6) is 0 Å². The first-order valence-corrected chi connectivity index (χ1v) is 9.65. The number of nitrogens with one attached hydrogen (secondary N) is 2. The lowest BCUT2D eigenvalue weighted by atomic mass is 10.0. The van der Waals surface area contributed by atoms with Gasteiger partial charge in [-0.1, -0.05) is 53.5 Å². The molecule has 4 nitrogen and oxygen atoms in total. The molecule has 154 valence electrons. The SMILES string of the molecule is O=C(N[C@@H](Cc1ccccc1)C(=O)Nc1ccc(F)cc1F)c1ccc(Cl)cc1Cl. The van der Waals surface area contributed by atoms with E-state index in [0.29, 0.717) is 11.1 Å². The summed E-state index contributed by atoms with van der Waals surface area (Å²) in [7, 11) is 0. The standard InChI is InChI=1S/C22H16Cl2F2N2O2/c23-14-6-8-16(17(24)11-14)21(29)28-20(10-13-4-2-1-3-5-13)22(30)27-19-9-7-15(25)12-18(19)26/h1-9,11-12,20H,10H2,(H,27,30)(H,28,29)/t20-/m0/s1. The molecular weight excluding hydrogens is 433 g/mol. The van der Waals surface area contributed by atoms with Gasteiger partial charge in [0.25, 0.3) is 5.91 Å². The van der Waals surface area contributed by atoms with Gasteiger partial charge in [-0.2, -0.15) is 0 Å². The van der Waals surface area contributed by atoms with Gasteiger partial charge in [-0.05, 0) is 35.9 Å². The molecule has 3 rings (SSSR count). The third kappa shape index (κ3) is 5.55. The molecule has 0 fully saturated rings. The molecule has 2 N–H and O–H groups in total. The van der Waals surface area contributed by atoms with Gasteiger partial charge in [0.15, 0.2) is 0 Å². The Kier molecular flexibility index (Phi) is 7.03. The van der Waals surface area contributed by atoms with Gasteiger partial charge in [0.1, 0.15) is 17.7 Å². The minimum atomic E-state index is -1.05. The monoisotopic (exact) mass is 448 g/mol. The molecule has 2 amide bonds. The normalized spacial score (nSPS) is 11.6. The van der Waals surface area contributed by atoms with E-state index in [4.69, 9.17) is 23.2 Å². The second-order valence-electron chi connectivity index (χ2n) is 6.45. The highest BCUT2D eigenvalue weighted by molar-refractivity contribution is 6.36. The van der Waals surface area contributed by atoms with E-state index in [1.807, 2.05) is 6.07 Å². The second kappa shape index (κ2) is 9.69. The van der Waals surface area contributed by atoms with Crippen LogP contribution in [-0.4, -0.2) is 17.9 Å².